The maximum absolute atomic E-state index is 13.1. The molecule has 4 N–H and O–H groups in total. The number of aryl methyl sites for hydroxylation is 2. The molecule has 3 fully saturated rings. The predicted molar refractivity (Wildman–Crippen MR) is 118 cm³/mol. The molecule has 0 spiro atoms. The summed E-state index contributed by atoms with van der Waals surface area (Å²) in [4.78, 5) is 40.9. The second-order valence-corrected chi connectivity index (χ2v) is 9.67. The normalized spacial score (nSPS) is 33.8. The van der Waals surface area contributed by atoms with E-state index in [-0.39, 0.29) is 30.4 Å². The number of anilines is 1. The first-order valence-electron chi connectivity index (χ1n) is 11.2. The van der Waals surface area contributed by atoms with Crippen LogP contribution in [0.5, 0.6) is 0 Å². The first-order valence-corrected chi connectivity index (χ1v) is 11.2. The van der Waals surface area contributed by atoms with Crippen molar-refractivity contribution in [3.63, 3.8) is 0 Å². The molecule has 3 saturated heterocycles. The molecule has 0 bridgehead atoms. The monoisotopic (exact) mass is 427 g/mol. The van der Waals surface area contributed by atoms with E-state index in [2.05, 4.69) is 40.0 Å². The molecule has 1 aromatic rings. The number of carbonyl (C=O) groups excluding carboxylic acids is 3. The smallest absolute Gasteiger partial charge is 0.229 e. The number of likely N-dealkylation sites (tertiary alicyclic amines) is 1. The average molecular weight is 428 g/mol. The molecule has 31 heavy (non-hydrogen) atoms. The summed E-state index contributed by atoms with van der Waals surface area (Å²) in [7, 11) is 0. The summed E-state index contributed by atoms with van der Waals surface area (Å²) in [5.74, 6) is -1.02. The number of nitrogens with zero attached hydrogens (tertiary/aromatic N) is 1. The molecular formula is C23H33N5O3. The Balaban J connectivity index is 1.50. The topological polar surface area (TPSA) is 103 Å². The zero-order valence-corrected chi connectivity index (χ0v) is 18.7. The summed E-state index contributed by atoms with van der Waals surface area (Å²) in [5, 5.41) is 12.3. The predicted octanol–water partition coefficient (Wildman–Crippen LogP) is 1.30. The van der Waals surface area contributed by atoms with Crippen molar-refractivity contribution >= 4 is 23.4 Å². The number of amides is 3. The Labute approximate surface area is 183 Å². The van der Waals surface area contributed by atoms with E-state index >= 15 is 0 Å². The molecular weight excluding hydrogens is 394 g/mol. The van der Waals surface area contributed by atoms with Crippen molar-refractivity contribution < 1.29 is 14.4 Å². The van der Waals surface area contributed by atoms with Gasteiger partial charge >= 0.3 is 0 Å². The third-order valence-corrected chi connectivity index (χ3v) is 6.67. The molecule has 8 heteroatoms. The van der Waals surface area contributed by atoms with Gasteiger partial charge in [0.15, 0.2) is 0 Å². The number of piperidine rings is 2. The molecule has 0 radical (unpaired) electrons. The maximum Gasteiger partial charge on any atom is 0.229 e. The van der Waals surface area contributed by atoms with Gasteiger partial charge in [-0.2, -0.15) is 0 Å². The van der Waals surface area contributed by atoms with Gasteiger partial charge in [0, 0.05) is 25.2 Å². The van der Waals surface area contributed by atoms with Crippen LogP contribution in [-0.4, -0.2) is 48.2 Å². The van der Waals surface area contributed by atoms with Crippen LogP contribution in [0.1, 0.15) is 37.8 Å². The molecule has 6 unspecified atom stereocenters. The first kappa shape index (κ1) is 21.8. The Morgan fingerprint density at radius 3 is 2.48 bits per heavy atom. The third kappa shape index (κ3) is 4.60. The van der Waals surface area contributed by atoms with E-state index in [0.717, 1.165) is 24.2 Å². The van der Waals surface area contributed by atoms with Crippen LogP contribution in [0.3, 0.4) is 0 Å². The molecule has 3 aliphatic heterocycles. The number of carbonyl (C=O) groups is 3. The summed E-state index contributed by atoms with van der Waals surface area (Å²) in [6.07, 6.45) is 0.249. The zero-order valence-electron chi connectivity index (χ0n) is 18.7. The highest BCUT2D eigenvalue weighted by atomic mass is 16.2. The van der Waals surface area contributed by atoms with Gasteiger partial charge in [-0.05, 0) is 43.7 Å². The lowest BCUT2D eigenvalue weighted by Gasteiger charge is -2.48. The van der Waals surface area contributed by atoms with E-state index in [0.29, 0.717) is 17.5 Å². The highest BCUT2D eigenvalue weighted by Crippen LogP contribution is 2.30. The SMILES string of the molecule is Cc1ccc(NC(=O)C2CC(=O)NC3NC(N4CC(C)CC(C)C4)NC(=O)C32)c(C)c1. The van der Waals surface area contributed by atoms with Crippen LogP contribution >= 0.6 is 0 Å². The summed E-state index contributed by atoms with van der Waals surface area (Å²) < 4.78 is 0. The van der Waals surface area contributed by atoms with Gasteiger partial charge in [0.25, 0.3) is 0 Å². The van der Waals surface area contributed by atoms with Crippen molar-refractivity contribution in [3.8, 4) is 0 Å². The highest BCUT2D eigenvalue weighted by molar-refractivity contribution is 6.00. The van der Waals surface area contributed by atoms with Gasteiger partial charge in [-0.1, -0.05) is 31.5 Å². The van der Waals surface area contributed by atoms with Gasteiger partial charge in [-0.25, -0.2) is 0 Å². The molecule has 0 aliphatic carbocycles. The molecule has 6 atom stereocenters. The Kier molecular flexibility index (Phi) is 6.03. The summed E-state index contributed by atoms with van der Waals surface area (Å²) in [5.41, 5.74) is 2.76. The van der Waals surface area contributed by atoms with E-state index < -0.39 is 18.0 Å². The third-order valence-electron chi connectivity index (χ3n) is 6.67. The number of nitrogens with one attached hydrogen (secondary N) is 4. The lowest BCUT2D eigenvalue weighted by molar-refractivity contribution is -0.148. The maximum atomic E-state index is 13.1. The number of fused-ring (bicyclic) bond motifs is 1. The molecule has 4 rings (SSSR count). The van der Waals surface area contributed by atoms with Crippen LogP contribution in [-0.2, 0) is 14.4 Å². The number of benzene rings is 1. The minimum absolute atomic E-state index is 0.00451. The van der Waals surface area contributed by atoms with Gasteiger partial charge in [0.1, 0.15) is 6.29 Å². The largest absolute Gasteiger partial charge is 0.340 e. The fraction of sp³-hybridized carbons (Fsp3) is 0.609. The van der Waals surface area contributed by atoms with Gasteiger partial charge in [0.2, 0.25) is 17.7 Å². The molecule has 1 aromatic carbocycles. The first-order chi connectivity index (χ1) is 14.7. The second kappa shape index (κ2) is 8.59. The Morgan fingerprint density at radius 2 is 1.81 bits per heavy atom. The minimum Gasteiger partial charge on any atom is -0.340 e. The molecule has 0 saturated carbocycles. The van der Waals surface area contributed by atoms with Crippen LogP contribution in [0.25, 0.3) is 0 Å². The van der Waals surface area contributed by atoms with E-state index in [4.69, 9.17) is 0 Å². The molecule has 0 aromatic heterocycles. The second-order valence-electron chi connectivity index (χ2n) is 9.67. The molecule has 3 amide bonds. The van der Waals surface area contributed by atoms with Crippen LogP contribution in [0.4, 0.5) is 5.69 Å². The lowest BCUT2D eigenvalue weighted by atomic mass is 9.80. The number of hydrogen-bond donors (Lipinski definition) is 4. The Hall–Kier alpha value is -2.45. The molecule has 3 aliphatic rings. The minimum atomic E-state index is -0.730. The van der Waals surface area contributed by atoms with Crippen LogP contribution in [0.2, 0.25) is 0 Å². The zero-order chi connectivity index (χ0) is 22.3. The van der Waals surface area contributed by atoms with Gasteiger partial charge < -0.3 is 16.0 Å². The van der Waals surface area contributed by atoms with E-state index in [1.165, 1.54) is 6.42 Å². The molecule has 3 heterocycles. The van der Waals surface area contributed by atoms with Crippen molar-refractivity contribution in [3.05, 3.63) is 29.3 Å². The van der Waals surface area contributed by atoms with Crippen molar-refractivity contribution in [2.75, 3.05) is 18.4 Å². The van der Waals surface area contributed by atoms with Crippen molar-refractivity contribution in [2.24, 2.45) is 23.7 Å². The van der Waals surface area contributed by atoms with Crippen molar-refractivity contribution in [2.45, 2.75) is 53.0 Å². The van der Waals surface area contributed by atoms with Crippen LogP contribution < -0.4 is 21.3 Å². The van der Waals surface area contributed by atoms with Crippen molar-refractivity contribution in [1.29, 1.82) is 0 Å². The van der Waals surface area contributed by atoms with Gasteiger partial charge in [-0.3, -0.25) is 24.6 Å². The van der Waals surface area contributed by atoms with E-state index in [1.54, 1.807) is 0 Å². The summed E-state index contributed by atoms with van der Waals surface area (Å²) >= 11 is 0. The van der Waals surface area contributed by atoms with Crippen molar-refractivity contribution in [1.82, 2.24) is 20.9 Å². The molecule has 8 nitrogen and oxygen atoms in total. The quantitative estimate of drug-likeness (QED) is 0.582. The van der Waals surface area contributed by atoms with Crippen LogP contribution in [0, 0.1) is 37.5 Å². The Bertz CT molecular complexity index is 878. The lowest BCUT2D eigenvalue weighted by Crippen LogP contribution is -2.75. The van der Waals surface area contributed by atoms with Gasteiger partial charge in [0.05, 0.1) is 18.0 Å². The van der Waals surface area contributed by atoms with Gasteiger partial charge in [-0.15, -0.1) is 0 Å². The number of rotatable bonds is 3. The molecule has 168 valence electrons. The summed E-state index contributed by atoms with van der Waals surface area (Å²) in [6, 6.07) is 5.78. The fourth-order valence-corrected chi connectivity index (χ4v) is 5.36. The number of hydrogen-bond acceptors (Lipinski definition) is 5. The van der Waals surface area contributed by atoms with E-state index in [9.17, 15) is 14.4 Å². The Morgan fingerprint density at radius 1 is 1.10 bits per heavy atom. The average Bonchev–Trinajstić information content (AvgIpc) is 2.68. The van der Waals surface area contributed by atoms with Crippen LogP contribution in [0.15, 0.2) is 18.2 Å². The fourth-order valence-electron chi connectivity index (χ4n) is 5.36. The summed E-state index contributed by atoms with van der Waals surface area (Å²) in [6.45, 7) is 10.1. The standard InChI is InChI=1S/C23H33N5O3/c1-12-5-6-17(15(4)8-12)24-21(30)16-9-18(29)25-20-19(16)22(31)27-23(26-20)28-10-13(2)7-14(3)11-28/h5-6,8,13-14,16,19-20,23,26H,7,9-11H2,1-4H3,(H,24,30)(H,25,29)(H,27,31). The van der Waals surface area contributed by atoms with E-state index in [1.807, 2.05) is 32.0 Å². The highest BCUT2D eigenvalue weighted by Gasteiger charge is 2.49.